The van der Waals surface area contributed by atoms with E-state index in [9.17, 15) is 4.79 Å². The van der Waals surface area contributed by atoms with Crippen LogP contribution in [0.1, 0.15) is 37.3 Å². The number of carbonyl (C=O) groups excluding carboxylic acids is 1. The van der Waals surface area contributed by atoms with Crippen molar-refractivity contribution in [2.75, 3.05) is 12.4 Å². The lowest BCUT2D eigenvalue weighted by Crippen LogP contribution is -2.47. The lowest BCUT2D eigenvalue weighted by molar-refractivity contribution is -0.135. The summed E-state index contributed by atoms with van der Waals surface area (Å²) in [5, 5.41) is 0.806. The van der Waals surface area contributed by atoms with Crippen LogP contribution >= 0.6 is 15.9 Å². The summed E-state index contributed by atoms with van der Waals surface area (Å²) in [6.07, 6.45) is 2.30. The van der Waals surface area contributed by atoms with E-state index in [2.05, 4.69) is 54.0 Å². The van der Waals surface area contributed by atoms with Crippen LogP contribution in [-0.4, -0.2) is 28.7 Å². The van der Waals surface area contributed by atoms with Gasteiger partial charge in [0.25, 0.3) is 0 Å². The molecule has 2 aliphatic rings. The van der Waals surface area contributed by atoms with Crippen LogP contribution in [-0.2, 0) is 11.2 Å². The summed E-state index contributed by atoms with van der Waals surface area (Å²) in [4.78, 5) is 14.7. The summed E-state index contributed by atoms with van der Waals surface area (Å²) in [6.45, 7) is 4.22. The Bertz CT molecular complexity index is 540. The molecule has 1 aromatic carbocycles. The topological polar surface area (TPSA) is 20.3 Å². The summed E-state index contributed by atoms with van der Waals surface area (Å²) in [5.74, 6) is 1.58. The Morgan fingerprint density at radius 3 is 2.80 bits per heavy atom. The second kappa shape index (κ2) is 4.87. The average Bonchev–Trinajstić information content (AvgIpc) is 3.20. The Morgan fingerprint density at radius 2 is 2.10 bits per heavy atom. The molecule has 0 spiro atoms. The van der Waals surface area contributed by atoms with Crippen molar-refractivity contribution in [1.29, 1.82) is 0 Å². The molecular weight excluding hydrogens is 314 g/mol. The first-order valence-electron chi connectivity index (χ1n) is 7.39. The van der Waals surface area contributed by atoms with E-state index in [1.807, 2.05) is 11.9 Å². The zero-order valence-corrected chi connectivity index (χ0v) is 14.0. The third kappa shape index (κ3) is 2.11. The van der Waals surface area contributed by atoms with E-state index in [1.165, 1.54) is 17.5 Å². The standard InChI is InChI=1S/C17H22BrNO/c1-17(2,10-18)19(3)16(20)15-13-9-8-11-6-4-5-7-12(11)14(13)15/h4-7,13-15H,8-10H2,1-3H3. The van der Waals surface area contributed by atoms with Crippen molar-refractivity contribution in [3.05, 3.63) is 35.4 Å². The van der Waals surface area contributed by atoms with Crippen molar-refractivity contribution in [3.63, 3.8) is 0 Å². The molecule has 3 unspecified atom stereocenters. The lowest BCUT2D eigenvalue weighted by atomic mass is 9.92. The smallest absolute Gasteiger partial charge is 0.226 e. The van der Waals surface area contributed by atoms with Crippen LogP contribution in [0, 0.1) is 11.8 Å². The summed E-state index contributed by atoms with van der Waals surface area (Å²) in [7, 11) is 1.94. The molecule has 1 fully saturated rings. The number of nitrogens with zero attached hydrogens (tertiary/aromatic N) is 1. The minimum atomic E-state index is -0.123. The molecule has 108 valence electrons. The molecule has 0 radical (unpaired) electrons. The number of amides is 1. The van der Waals surface area contributed by atoms with Crippen molar-refractivity contribution < 1.29 is 4.79 Å². The van der Waals surface area contributed by atoms with Crippen LogP contribution in [0.2, 0.25) is 0 Å². The van der Waals surface area contributed by atoms with Crippen molar-refractivity contribution in [2.24, 2.45) is 11.8 Å². The molecule has 0 aromatic heterocycles. The predicted molar refractivity (Wildman–Crippen MR) is 85.1 cm³/mol. The summed E-state index contributed by atoms with van der Waals surface area (Å²) in [6, 6.07) is 8.65. The highest BCUT2D eigenvalue weighted by molar-refractivity contribution is 9.09. The van der Waals surface area contributed by atoms with E-state index in [0.717, 1.165) is 11.8 Å². The Kier molecular flexibility index (Phi) is 3.44. The molecular formula is C17H22BrNO. The van der Waals surface area contributed by atoms with Crippen LogP contribution in [0.3, 0.4) is 0 Å². The molecule has 1 saturated carbocycles. The van der Waals surface area contributed by atoms with Gasteiger partial charge in [0.1, 0.15) is 0 Å². The summed E-state index contributed by atoms with van der Waals surface area (Å²) >= 11 is 3.52. The van der Waals surface area contributed by atoms with Gasteiger partial charge in [-0.25, -0.2) is 0 Å². The molecule has 2 nitrogen and oxygen atoms in total. The van der Waals surface area contributed by atoms with E-state index >= 15 is 0 Å². The van der Waals surface area contributed by atoms with Gasteiger partial charge in [-0.2, -0.15) is 0 Å². The molecule has 0 saturated heterocycles. The Morgan fingerprint density at radius 1 is 1.40 bits per heavy atom. The van der Waals surface area contributed by atoms with E-state index in [1.54, 1.807) is 0 Å². The maximum Gasteiger partial charge on any atom is 0.226 e. The van der Waals surface area contributed by atoms with Gasteiger partial charge in [0.2, 0.25) is 5.91 Å². The van der Waals surface area contributed by atoms with Gasteiger partial charge in [0.05, 0.1) is 0 Å². The van der Waals surface area contributed by atoms with Crippen LogP contribution in [0.15, 0.2) is 24.3 Å². The number of carbonyl (C=O) groups is 1. The second-order valence-electron chi connectivity index (χ2n) is 6.80. The minimum Gasteiger partial charge on any atom is -0.340 e. The van der Waals surface area contributed by atoms with Gasteiger partial charge in [0, 0.05) is 23.8 Å². The number of halogens is 1. The number of rotatable bonds is 3. The molecule has 3 atom stereocenters. The molecule has 0 aliphatic heterocycles. The molecule has 3 heteroatoms. The van der Waals surface area contributed by atoms with E-state index in [4.69, 9.17) is 0 Å². The van der Waals surface area contributed by atoms with Gasteiger partial charge < -0.3 is 4.90 Å². The normalized spacial score (nSPS) is 27.5. The fourth-order valence-electron chi connectivity index (χ4n) is 3.51. The van der Waals surface area contributed by atoms with E-state index < -0.39 is 0 Å². The molecule has 20 heavy (non-hydrogen) atoms. The van der Waals surface area contributed by atoms with Crippen molar-refractivity contribution in [1.82, 2.24) is 4.90 Å². The fourth-order valence-corrected chi connectivity index (χ4v) is 3.89. The van der Waals surface area contributed by atoms with Crippen molar-refractivity contribution in [3.8, 4) is 0 Å². The zero-order valence-electron chi connectivity index (χ0n) is 12.4. The molecule has 3 rings (SSSR count). The molecule has 2 aliphatic carbocycles. The molecule has 1 aromatic rings. The average molecular weight is 336 g/mol. The van der Waals surface area contributed by atoms with Crippen LogP contribution in [0.25, 0.3) is 0 Å². The number of fused-ring (bicyclic) bond motifs is 3. The third-order valence-corrected chi connectivity index (χ3v) is 6.55. The quantitative estimate of drug-likeness (QED) is 0.773. The Hall–Kier alpha value is -0.830. The summed E-state index contributed by atoms with van der Waals surface area (Å²) < 4.78 is 0. The van der Waals surface area contributed by atoms with E-state index in [0.29, 0.717) is 17.7 Å². The van der Waals surface area contributed by atoms with Gasteiger partial charge >= 0.3 is 0 Å². The monoisotopic (exact) mass is 335 g/mol. The van der Waals surface area contributed by atoms with Crippen molar-refractivity contribution in [2.45, 2.75) is 38.1 Å². The maximum absolute atomic E-state index is 12.8. The second-order valence-corrected chi connectivity index (χ2v) is 7.36. The highest BCUT2D eigenvalue weighted by Crippen LogP contribution is 2.60. The molecule has 1 amide bonds. The van der Waals surface area contributed by atoms with E-state index in [-0.39, 0.29) is 11.5 Å². The number of hydrogen-bond donors (Lipinski definition) is 0. The highest BCUT2D eigenvalue weighted by atomic mass is 79.9. The number of alkyl halides is 1. The number of benzene rings is 1. The number of aryl methyl sites for hydroxylation is 1. The first kappa shape index (κ1) is 14.1. The third-order valence-electron chi connectivity index (χ3n) is 5.18. The summed E-state index contributed by atoms with van der Waals surface area (Å²) in [5.41, 5.74) is 2.75. The van der Waals surface area contributed by atoms with Gasteiger partial charge in [-0.15, -0.1) is 0 Å². The Balaban J connectivity index is 1.81. The molecule has 0 N–H and O–H groups in total. The van der Waals surface area contributed by atoms with Crippen LogP contribution in [0.5, 0.6) is 0 Å². The van der Waals surface area contributed by atoms with Crippen LogP contribution < -0.4 is 0 Å². The molecule has 0 heterocycles. The van der Waals surface area contributed by atoms with Gasteiger partial charge in [0.15, 0.2) is 0 Å². The largest absolute Gasteiger partial charge is 0.340 e. The van der Waals surface area contributed by atoms with Gasteiger partial charge in [-0.1, -0.05) is 40.2 Å². The molecule has 0 bridgehead atoms. The maximum atomic E-state index is 12.8. The SMILES string of the molecule is CN(C(=O)C1C2CCc3ccccc3C21)C(C)(C)CBr. The van der Waals surface area contributed by atoms with Crippen LogP contribution in [0.4, 0.5) is 0 Å². The highest BCUT2D eigenvalue weighted by Gasteiger charge is 2.58. The minimum absolute atomic E-state index is 0.123. The zero-order chi connectivity index (χ0) is 14.5. The Labute approximate surface area is 129 Å². The first-order chi connectivity index (χ1) is 9.47. The fraction of sp³-hybridized carbons (Fsp3) is 0.588. The number of hydrogen-bond acceptors (Lipinski definition) is 1. The lowest BCUT2D eigenvalue weighted by Gasteiger charge is -2.34. The van der Waals surface area contributed by atoms with Crippen molar-refractivity contribution >= 4 is 21.8 Å². The van der Waals surface area contributed by atoms with Gasteiger partial charge in [-0.3, -0.25) is 4.79 Å². The first-order valence-corrected chi connectivity index (χ1v) is 8.51. The van der Waals surface area contributed by atoms with Gasteiger partial charge in [-0.05, 0) is 49.7 Å². The predicted octanol–water partition coefficient (Wildman–Crippen LogP) is 3.59.